The van der Waals surface area contributed by atoms with Crippen LogP contribution in [0.1, 0.15) is 18.4 Å². The molecule has 0 aliphatic heterocycles. The van der Waals surface area contributed by atoms with E-state index in [2.05, 4.69) is 25.3 Å². The van der Waals surface area contributed by atoms with Crippen LogP contribution in [-0.4, -0.2) is 0 Å². The van der Waals surface area contributed by atoms with E-state index < -0.39 is 0 Å². The van der Waals surface area contributed by atoms with Gasteiger partial charge in [0.15, 0.2) is 0 Å². The first kappa shape index (κ1) is 10.0. The van der Waals surface area contributed by atoms with Crippen molar-refractivity contribution < 1.29 is 4.74 Å². The predicted molar refractivity (Wildman–Crippen MR) is 62.2 cm³/mol. The maximum Gasteiger partial charge on any atom is 0.113 e. The zero-order valence-corrected chi connectivity index (χ0v) is 8.91. The van der Waals surface area contributed by atoms with Gasteiger partial charge in [0.1, 0.15) is 6.61 Å². The standard InChI is InChI=1S/C14H16O/c1-11-8-14(9-11)12(2)15-10-13-6-4-3-5-7-13/h3-7,14H,1-2,8-10H2. The third-order valence-corrected chi connectivity index (χ3v) is 2.79. The summed E-state index contributed by atoms with van der Waals surface area (Å²) in [4.78, 5) is 0. The molecule has 0 saturated heterocycles. The van der Waals surface area contributed by atoms with Crippen LogP contribution < -0.4 is 0 Å². The van der Waals surface area contributed by atoms with Crippen molar-refractivity contribution in [3.05, 3.63) is 60.4 Å². The summed E-state index contributed by atoms with van der Waals surface area (Å²) in [6, 6.07) is 10.2. The van der Waals surface area contributed by atoms with E-state index in [1.807, 2.05) is 18.2 Å². The minimum Gasteiger partial charge on any atom is -0.494 e. The Labute approximate surface area is 91.1 Å². The van der Waals surface area contributed by atoms with E-state index in [-0.39, 0.29) is 0 Å². The number of benzene rings is 1. The summed E-state index contributed by atoms with van der Waals surface area (Å²) in [6.45, 7) is 8.51. The largest absolute Gasteiger partial charge is 0.494 e. The molecule has 1 saturated carbocycles. The van der Waals surface area contributed by atoms with E-state index in [4.69, 9.17) is 4.74 Å². The minimum absolute atomic E-state index is 0.501. The first-order valence-electron chi connectivity index (χ1n) is 5.28. The molecule has 1 aliphatic rings. The molecule has 0 radical (unpaired) electrons. The normalized spacial score (nSPS) is 15.9. The summed E-state index contributed by atoms with van der Waals surface area (Å²) in [6.07, 6.45) is 2.10. The molecule has 0 heterocycles. The number of hydrogen-bond donors (Lipinski definition) is 0. The van der Waals surface area contributed by atoms with Crippen molar-refractivity contribution >= 4 is 0 Å². The number of hydrogen-bond acceptors (Lipinski definition) is 1. The zero-order valence-electron chi connectivity index (χ0n) is 8.91. The fourth-order valence-electron chi connectivity index (χ4n) is 1.73. The third-order valence-electron chi connectivity index (χ3n) is 2.79. The molecule has 0 amide bonds. The third kappa shape index (κ3) is 2.50. The molecule has 0 aromatic heterocycles. The Bertz CT molecular complexity index is 356. The molecule has 2 rings (SSSR count). The van der Waals surface area contributed by atoms with Crippen LogP contribution in [0.5, 0.6) is 0 Å². The quantitative estimate of drug-likeness (QED) is 0.532. The van der Waals surface area contributed by atoms with Crippen molar-refractivity contribution in [2.75, 3.05) is 0 Å². The van der Waals surface area contributed by atoms with Gasteiger partial charge in [0.25, 0.3) is 0 Å². The average molecular weight is 200 g/mol. The van der Waals surface area contributed by atoms with Crippen LogP contribution >= 0.6 is 0 Å². The molecular weight excluding hydrogens is 184 g/mol. The first-order chi connectivity index (χ1) is 7.25. The molecule has 1 nitrogen and oxygen atoms in total. The molecule has 1 aromatic carbocycles. The highest BCUT2D eigenvalue weighted by molar-refractivity contribution is 5.17. The molecule has 0 bridgehead atoms. The molecule has 0 spiro atoms. The predicted octanol–water partition coefficient (Wildman–Crippen LogP) is 3.68. The summed E-state index contributed by atoms with van der Waals surface area (Å²) in [5.41, 5.74) is 2.50. The molecule has 1 aliphatic carbocycles. The van der Waals surface area contributed by atoms with E-state index in [0.29, 0.717) is 12.5 Å². The summed E-state index contributed by atoms with van der Waals surface area (Å²) in [7, 11) is 0. The zero-order chi connectivity index (χ0) is 10.7. The molecule has 1 aromatic rings. The second-order valence-electron chi connectivity index (χ2n) is 4.10. The highest BCUT2D eigenvalue weighted by atomic mass is 16.5. The van der Waals surface area contributed by atoms with Gasteiger partial charge in [-0.05, 0) is 18.4 Å². The molecule has 15 heavy (non-hydrogen) atoms. The molecule has 1 fully saturated rings. The summed E-state index contributed by atoms with van der Waals surface area (Å²) < 4.78 is 5.64. The Hall–Kier alpha value is -1.50. The van der Waals surface area contributed by atoms with E-state index in [1.165, 1.54) is 11.1 Å². The lowest BCUT2D eigenvalue weighted by molar-refractivity contribution is 0.153. The fraction of sp³-hybridized carbons (Fsp3) is 0.286. The molecule has 0 N–H and O–H groups in total. The second kappa shape index (κ2) is 4.35. The van der Waals surface area contributed by atoms with Crippen LogP contribution in [0.3, 0.4) is 0 Å². The molecule has 1 heteroatoms. The van der Waals surface area contributed by atoms with Gasteiger partial charge in [0, 0.05) is 5.92 Å². The Kier molecular flexibility index (Phi) is 2.91. The molecule has 0 unspecified atom stereocenters. The van der Waals surface area contributed by atoms with Crippen LogP contribution in [0.4, 0.5) is 0 Å². The lowest BCUT2D eigenvalue weighted by atomic mass is 9.80. The summed E-state index contributed by atoms with van der Waals surface area (Å²) in [5, 5.41) is 0. The fourth-order valence-corrected chi connectivity index (χ4v) is 1.73. The van der Waals surface area contributed by atoms with Gasteiger partial charge < -0.3 is 4.74 Å². The van der Waals surface area contributed by atoms with Gasteiger partial charge in [0.2, 0.25) is 0 Å². The van der Waals surface area contributed by atoms with Gasteiger partial charge >= 0.3 is 0 Å². The van der Waals surface area contributed by atoms with Gasteiger partial charge in [-0.2, -0.15) is 0 Å². The Balaban J connectivity index is 1.79. The van der Waals surface area contributed by atoms with Crippen molar-refractivity contribution in [2.45, 2.75) is 19.4 Å². The van der Waals surface area contributed by atoms with E-state index in [0.717, 1.165) is 18.6 Å². The van der Waals surface area contributed by atoms with Crippen LogP contribution in [0.25, 0.3) is 0 Å². The van der Waals surface area contributed by atoms with Crippen LogP contribution in [0.2, 0.25) is 0 Å². The average Bonchev–Trinajstić information content (AvgIpc) is 2.23. The Morgan fingerprint density at radius 2 is 1.93 bits per heavy atom. The summed E-state index contributed by atoms with van der Waals surface area (Å²) >= 11 is 0. The molecule has 78 valence electrons. The van der Waals surface area contributed by atoms with Crippen molar-refractivity contribution in [1.29, 1.82) is 0 Å². The van der Waals surface area contributed by atoms with Crippen molar-refractivity contribution in [2.24, 2.45) is 5.92 Å². The van der Waals surface area contributed by atoms with Gasteiger partial charge in [-0.15, -0.1) is 0 Å². The van der Waals surface area contributed by atoms with Crippen LogP contribution in [0, 0.1) is 5.92 Å². The maximum absolute atomic E-state index is 5.64. The van der Waals surface area contributed by atoms with Crippen molar-refractivity contribution in [3.8, 4) is 0 Å². The molecule has 0 atom stereocenters. The van der Waals surface area contributed by atoms with Gasteiger partial charge in [0.05, 0.1) is 5.76 Å². The number of allylic oxidation sites excluding steroid dienone is 2. The van der Waals surface area contributed by atoms with E-state index in [9.17, 15) is 0 Å². The lowest BCUT2D eigenvalue weighted by Crippen LogP contribution is -2.17. The maximum atomic E-state index is 5.64. The van der Waals surface area contributed by atoms with Gasteiger partial charge in [-0.1, -0.05) is 49.1 Å². The smallest absolute Gasteiger partial charge is 0.113 e. The SMILES string of the molecule is C=C1CC(C(=C)OCc2ccccc2)C1. The Morgan fingerprint density at radius 1 is 1.27 bits per heavy atom. The monoisotopic (exact) mass is 200 g/mol. The van der Waals surface area contributed by atoms with Gasteiger partial charge in [-0.25, -0.2) is 0 Å². The minimum atomic E-state index is 0.501. The summed E-state index contributed by atoms with van der Waals surface area (Å²) in [5.74, 6) is 1.41. The van der Waals surface area contributed by atoms with E-state index >= 15 is 0 Å². The van der Waals surface area contributed by atoms with E-state index in [1.54, 1.807) is 0 Å². The van der Waals surface area contributed by atoms with Crippen molar-refractivity contribution in [3.63, 3.8) is 0 Å². The number of rotatable bonds is 4. The van der Waals surface area contributed by atoms with Gasteiger partial charge in [-0.3, -0.25) is 0 Å². The Morgan fingerprint density at radius 3 is 2.53 bits per heavy atom. The highest BCUT2D eigenvalue weighted by Crippen LogP contribution is 2.36. The highest BCUT2D eigenvalue weighted by Gasteiger charge is 2.25. The first-order valence-corrected chi connectivity index (χ1v) is 5.28. The van der Waals surface area contributed by atoms with Crippen LogP contribution in [0.15, 0.2) is 54.8 Å². The molecular formula is C14H16O. The van der Waals surface area contributed by atoms with Crippen molar-refractivity contribution in [1.82, 2.24) is 0 Å². The number of ether oxygens (including phenoxy) is 1. The second-order valence-corrected chi connectivity index (χ2v) is 4.10. The lowest BCUT2D eigenvalue weighted by Gasteiger charge is -2.29. The van der Waals surface area contributed by atoms with Crippen LogP contribution in [-0.2, 0) is 11.3 Å². The topological polar surface area (TPSA) is 9.23 Å².